The maximum atomic E-state index is 15.4. The van der Waals surface area contributed by atoms with E-state index in [4.69, 9.17) is 14.9 Å². The number of amides is 2. The van der Waals surface area contributed by atoms with Crippen molar-refractivity contribution in [3.8, 4) is 11.3 Å². The molecule has 0 radical (unpaired) electrons. The van der Waals surface area contributed by atoms with Crippen LogP contribution in [-0.2, 0) is 21.4 Å². The molecule has 3 rings (SSSR count). The van der Waals surface area contributed by atoms with E-state index < -0.39 is 68.0 Å². The molecule has 34 heavy (non-hydrogen) atoms. The average molecular weight is 496 g/mol. The second-order valence-electron chi connectivity index (χ2n) is 8.23. The van der Waals surface area contributed by atoms with Crippen molar-refractivity contribution < 1.29 is 35.9 Å². The molecule has 0 saturated heterocycles. The first-order valence-corrected chi connectivity index (χ1v) is 11.3. The molecule has 0 aliphatic heterocycles. The molecule has 3 aromatic heterocycles. The number of aromatic nitrogens is 2. The molecule has 13 heteroatoms. The number of carbonyl (C=O) groups excluding carboxylic acids is 2. The van der Waals surface area contributed by atoms with Crippen molar-refractivity contribution in [2.75, 3.05) is 7.05 Å². The summed E-state index contributed by atoms with van der Waals surface area (Å²) in [6, 6.07) is 4.41. The van der Waals surface area contributed by atoms with Crippen molar-refractivity contribution in [3.63, 3.8) is 0 Å². The third kappa shape index (κ3) is 4.64. The molecule has 0 aliphatic rings. The number of hydrogen-bond donors (Lipinski definition) is 1. The standard InChI is InChI=1S/C21H22F2N4O6S/c1-21(2,3)26(4)20(29)32-11-12-10-27(17(16(12)22)13-6-5-9-25-18(13)23)34(30,31)15-8-7-14(33-15)19(24)28/h5-10H,11H2,1-4H3,(H2,24,28). The number of carbonyl (C=O) groups is 2. The predicted octanol–water partition coefficient (Wildman–Crippen LogP) is 3.12. The van der Waals surface area contributed by atoms with Gasteiger partial charge in [-0.25, -0.2) is 18.1 Å². The zero-order valence-corrected chi connectivity index (χ0v) is 19.5. The van der Waals surface area contributed by atoms with E-state index in [2.05, 4.69) is 4.98 Å². The SMILES string of the molecule is CN(C(=O)OCc1cn(S(=O)(=O)c2ccc(C(N)=O)o2)c(-c2cccnc2F)c1F)C(C)(C)C. The average Bonchev–Trinajstić information content (AvgIpc) is 3.38. The van der Waals surface area contributed by atoms with Crippen LogP contribution in [0.25, 0.3) is 11.3 Å². The van der Waals surface area contributed by atoms with Crippen molar-refractivity contribution >= 4 is 22.0 Å². The van der Waals surface area contributed by atoms with Gasteiger partial charge in [-0.3, -0.25) is 4.79 Å². The third-order valence-electron chi connectivity index (χ3n) is 4.97. The van der Waals surface area contributed by atoms with E-state index in [9.17, 15) is 22.4 Å². The molecule has 0 aliphatic carbocycles. The van der Waals surface area contributed by atoms with Gasteiger partial charge in [-0.15, -0.1) is 0 Å². The number of nitrogens with zero attached hydrogens (tertiary/aromatic N) is 3. The minimum absolute atomic E-state index is 0.348. The normalized spacial score (nSPS) is 11.9. The fourth-order valence-electron chi connectivity index (χ4n) is 2.80. The summed E-state index contributed by atoms with van der Waals surface area (Å²) in [6.45, 7) is 4.62. The van der Waals surface area contributed by atoms with Crippen molar-refractivity contribution in [2.24, 2.45) is 5.73 Å². The van der Waals surface area contributed by atoms with Gasteiger partial charge in [0.2, 0.25) is 11.0 Å². The summed E-state index contributed by atoms with van der Waals surface area (Å²) in [5.41, 5.74) is 3.00. The lowest BCUT2D eigenvalue weighted by Gasteiger charge is -2.30. The van der Waals surface area contributed by atoms with Crippen LogP contribution in [-0.4, -0.2) is 46.9 Å². The predicted molar refractivity (Wildman–Crippen MR) is 115 cm³/mol. The maximum absolute atomic E-state index is 15.4. The van der Waals surface area contributed by atoms with E-state index in [1.807, 2.05) is 0 Å². The molecule has 0 aromatic carbocycles. The molecule has 182 valence electrons. The molecule has 0 unspecified atom stereocenters. The summed E-state index contributed by atoms with van der Waals surface area (Å²) < 4.78 is 66.8. The van der Waals surface area contributed by atoms with E-state index in [1.165, 1.54) is 18.0 Å². The Morgan fingerprint density at radius 2 is 1.91 bits per heavy atom. The van der Waals surface area contributed by atoms with Crippen LogP contribution in [0.2, 0.25) is 0 Å². The van der Waals surface area contributed by atoms with Crippen LogP contribution in [0.3, 0.4) is 0 Å². The molecule has 3 heterocycles. The summed E-state index contributed by atoms with van der Waals surface area (Å²) in [6.07, 6.45) is 1.16. The third-order valence-corrected chi connectivity index (χ3v) is 6.50. The van der Waals surface area contributed by atoms with Gasteiger partial charge in [0.15, 0.2) is 11.6 Å². The lowest BCUT2D eigenvalue weighted by atomic mass is 10.1. The summed E-state index contributed by atoms with van der Waals surface area (Å²) >= 11 is 0. The molecule has 10 nitrogen and oxygen atoms in total. The molecule has 0 spiro atoms. The highest BCUT2D eigenvalue weighted by molar-refractivity contribution is 7.89. The van der Waals surface area contributed by atoms with E-state index in [1.54, 1.807) is 20.8 Å². The van der Waals surface area contributed by atoms with Crippen molar-refractivity contribution in [2.45, 2.75) is 38.0 Å². The van der Waals surface area contributed by atoms with Crippen LogP contribution >= 0.6 is 0 Å². The number of halogens is 2. The van der Waals surface area contributed by atoms with Crippen LogP contribution < -0.4 is 5.73 Å². The highest BCUT2D eigenvalue weighted by Crippen LogP contribution is 2.32. The summed E-state index contributed by atoms with van der Waals surface area (Å²) in [5.74, 6) is -3.75. The summed E-state index contributed by atoms with van der Waals surface area (Å²) in [7, 11) is -3.19. The summed E-state index contributed by atoms with van der Waals surface area (Å²) in [4.78, 5) is 28.3. The van der Waals surface area contributed by atoms with Crippen LogP contribution in [0, 0.1) is 11.8 Å². The Morgan fingerprint density at radius 3 is 2.47 bits per heavy atom. The van der Waals surface area contributed by atoms with E-state index >= 15 is 4.39 Å². The zero-order valence-electron chi connectivity index (χ0n) is 18.7. The van der Waals surface area contributed by atoms with Crippen LogP contribution in [0.15, 0.2) is 46.2 Å². The highest BCUT2D eigenvalue weighted by atomic mass is 32.2. The van der Waals surface area contributed by atoms with Crippen molar-refractivity contribution in [3.05, 3.63) is 59.7 Å². The van der Waals surface area contributed by atoms with Gasteiger partial charge >= 0.3 is 16.1 Å². The Balaban J connectivity index is 2.11. The number of nitrogens with two attached hydrogens (primary N) is 1. The number of hydrogen-bond acceptors (Lipinski definition) is 7. The first-order chi connectivity index (χ1) is 15.7. The number of pyridine rings is 1. The number of furan rings is 1. The summed E-state index contributed by atoms with van der Waals surface area (Å²) in [5, 5.41) is -0.738. The van der Waals surface area contributed by atoms with Gasteiger partial charge in [0.1, 0.15) is 12.3 Å². The smallest absolute Gasteiger partial charge is 0.410 e. The molecular formula is C21H22F2N4O6S. The Kier molecular flexibility index (Phi) is 6.51. The molecule has 2 N–H and O–H groups in total. The van der Waals surface area contributed by atoms with E-state index in [0.717, 1.165) is 30.6 Å². The molecule has 3 aromatic rings. The fourth-order valence-corrected chi connectivity index (χ4v) is 4.11. The van der Waals surface area contributed by atoms with E-state index in [0.29, 0.717) is 3.97 Å². The Hall–Kier alpha value is -3.74. The second kappa shape index (κ2) is 8.89. The van der Waals surface area contributed by atoms with Gasteiger partial charge in [-0.2, -0.15) is 12.8 Å². The van der Waals surface area contributed by atoms with Gasteiger partial charge < -0.3 is 19.8 Å². The lowest BCUT2D eigenvalue weighted by Crippen LogP contribution is -2.42. The maximum Gasteiger partial charge on any atom is 0.410 e. The number of ether oxygens (including phenoxy) is 1. The van der Waals surface area contributed by atoms with Gasteiger partial charge in [-0.05, 0) is 45.0 Å². The van der Waals surface area contributed by atoms with Crippen molar-refractivity contribution in [1.82, 2.24) is 13.9 Å². The van der Waals surface area contributed by atoms with Gasteiger partial charge in [0.05, 0.1) is 5.56 Å². The number of primary amides is 1. The molecule has 0 bridgehead atoms. The van der Waals surface area contributed by atoms with Gasteiger partial charge in [0, 0.05) is 30.5 Å². The first-order valence-electron chi connectivity index (χ1n) is 9.81. The molecule has 0 saturated carbocycles. The highest BCUT2D eigenvalue weighted by Gasteiger charge is 2.32. The molecule has 0 atom stereocenters. The molecular weight excluding hydrogens is 474 g/mol. The van der Waals surface area contributed by atoms with Crippen molar-refractivity contribution in [1.29, 1.82) is 0 Å². The van der Waals surface area contributed by atoms with E-state index in [-0.39, 0.29) is 5.56 Å². The second-order valence-corrected chi connectivity index (χ2v) is 9.97. The fraction of sp³-hybridized carbons (Fsp3) is 0.286. The Bertz CT molecular complexity index is 1360. The van der Waals surface area contributed by atoms with Crippen LogP contribution in [0.4, 0.5) is 13.6 Å². The molecule has 2 amide bonds. The number of rotatable bonds is 6. The van der Waals surface area contributed by atoms with Gasteiger partial charge in [-0.1, -0.05) is 0 Å². The Morgan fingerprint density at radius 1 is 1.24 bits per heavy atom. The minimum Gasteiger partial charge on any atom is -0.444 e. The molecule has 0 fully saturated rings. The Labute approximate surface area is 194 Å². The monoisotopic (exact) mass is 496 g/mol. The topological polar surface area (TPSA) is 138 Å². The van der Waals surface area contributed by atoms with Crippen LogP contribution in [0.1, 0.15) is 36.9 Å². The largest absolute Gasteiger partial charge is 0.444 e. The zero-order chi connectivity index (χ0) is 25.4. The minimum atomic E-state index is -4.67. The first kappa shape index (κ1) is 24.9. The van der Waals surface area contributed by atoms with Gasteiger partial charge in [0.25, 0.3) is 5.91 Å². The van der Waals surface area contributed by atoms with Crippen LogP contribution in [0.5, 0.6) is 0 Å². The lowest BCUT2D eigenvalue weighted by molar-refractivity contribution is 0.0752. The quantitative estimate of drug-likeness (QED) is 0.518.